The van der Waals surface area contributed by atoms with Crippen LogP contribution in [0.5, 0.6) is 0 Å². The van der Waals surface area contributed by atoms with Gasteiger partial charge in [-0.25, -0.2) is 0 Å². The number of anilines is 2. The van der Waals surface area contributed by atoms with Crippen molar-refractivity contribution in [2.24, 2.45) is 0 Å². The lowest BCUT2D eigenvalue weighted by Crippen LogP contribution is -2.28. The number of thioether (sulfide) groups is 1. The lowest BCUT2D eigenvalue weighted by atomic mass is 10.1. The van der Waals surface area contributed by atoms with Gasteiger partial charge in [-0.05, 0) is 48.7 Å². The smallest absolute Gasteiger partial charge is 0.238 e. The summed E-state index contributed by atoms with van der Waals surface area (Å²) in [5.41, 5.74) is 6.03. The average molecular weight is 417 g/mol. The lowest BCUT2D eigenvalue weighted by Gasteiger charge is -2.26. The topological polar surface area (TPSA) is 49.4 Å². The molecule has 1 aliphatic heterocycles. The third-order valence-electron chi connectivity index (χ3n) is 5.17. The van der Waals surface area contributed by atoms with E-state index in [4.69, 9.17) is 0 Å². The summed E-state index contributed by atoms with van der Waals surface area (Å²) in [4.78, 5) is 26.8. The van der Waals surface area contributed by atoms with Crippen LogP contribution in [-0.4, -0.2) is 17.6 Å². The zero-order valence-corrected chi connectivity index (χ0v) is 17.9. The second-order valence-corrected chi connectivity index (χ2v) is 8.62. The molecular weight excluding hydrogens is 392 g/mol. The average Bonchev–Trinajstić information content (AvgIpc) is 3.10. The predicted molar refractivity (Wildman–Crippen MR) is 124 cm³/mol. The van der Waals surface area contributed by atoms with E-state index >= 15 is 0 Å². The summed E-state index contributed by atoms with van der Waals surface area (Å²) in [6, 6.07) is 23.7. The Morgan fingerprint density at radius 3 is 2.47 bits per heavy atom. The van der Waals surface area contributed by atoms with E-state index in [1.54, 1.807) is 11.8 Å². The molecule has 1 fully saturated rings. The molecule has 0 saturated carbocycles. The van der Waals surface area contributed by atoms with Crippen LogP contribution in [0, 0.1) is 13.8 Å². The van der Waals surface area contributed by atoms with E-state index < -0.39 is 0 Å². The number of nitrogens with zero attached hydrogens (tertiary/aromatic N) is 1. The van der Waals surface area contributed by atoms with Gasteiger partial charge in [0.2, 0.25) is 11.8 Å². The predicted octanol–water partition coefficient (Wildman–Crippen LogP) is 5.26. The van der Waals surface area contributed by atoms with Crippen molar-refractivity contribution in [1.82, 2.24) is 0 Å². The van der Waals surface area contributed by atoms with Crippen LogP contribution in [0.1, 0.15) is 27.6 Å². The molecule has 0 aromatic heterocycles. The first kappa shape index (κ1) is 20.2. The minimum Gasteiger partial charge on any atom is -0.326 e. The maximum absolute atomic E-state index is 12.6. The first-order chi connectivity index (χ1) is 14.5. The molecular formula is C25H24N2O2S. The van der Waals surface area contributed by atoms with Gasteiger partial charge in [0.1, 0.15) is 5.37 Å². The van der Waals surface area contributed by atoms with Crippen molar-refractivity contribution in [3.8, 4) is 0 Å². The normalized spacial score (nSPS) is 16.0. The zero-order valence-electron chi connectivity index (χ0n) is 17.1. The van der Waals surface area contributed by atoms with Gasteiger partial charge >= 0.3 is 0 Å². The van der Waals surface area contributed by atoms with Crippen LogP contribution >= 0.6 is 11.8 Å². The Morgan fingerprint density at radius 2 is 1.77 bits per heavy atom. The van der Waals surface area contributed by atoms with E-state index in [1.165, 1.54) is 5.56 Å². The van der Waals surface area contributed by atoms with Crippen molar-refractivity contribution < 1.29 is 9.59 Å². The van der Waals surface area contributed by atoms with Crippen molar-refractivity contribution >= 4 is 35.0 Å². The minimum absolute atomic E-state index is 0.0451. The van der Waals surface area contributed by atoms with E-state index in [1.807, 2.05) is 78.6 Å². The highest BCUT2D eigenvalue weighted by molar-refractivity contribution is 8.00. The van der Waals surface area contributed by atoms with E-state index in [9.17, 15) is 9.59 Å². The Kier molecular flexibility index (Phi) is 5.91. The molecule has 2 amide bonds. The SMILES string of the molecule is Cc1ccc(N2C(=O)CS[C@@H]2c2ccc(NC(=O)Cc3ccccc3)cc2)c(C)c1. The summed E-state index contributed by atoms with van der Waals surface area (Å²) in [7, 11) is 0. The largest absolute Gasteiger partial charge is 0.326 e. The number of hydrogen-bond donors (Lipinski definition) is 1. The summed E-state index contributed by atoms with van der Waals surface area (Å²) < 4.78 is 0. The molecule has 3 aromatic rings. The number of carbonyl (C=O) groups is 2. The van der Waals surface area contributed by atoms with Gasteiger partial charge in [-0.1, -0.05) is 60.2 Å². The summed E-state index contributed by atoms with van der Waals surface area (Å²) in [5, 5.41) is 2.89. The standard InChI is InChI=1S/C25H24N2O2S/c1-17-8-13-22(18(2)14-17)27-24(29)16-30-25(27)20-9-11-21(12-10-20)26-23(28)15-19-6-4-3-5-7-19/h3-14,25H,15-16H2,1-2H3,(H,26,28)/t25-/m1/s1. The number of aryl methyl sites for hydroxylation is 2. The highest BCUT2D eigenvalue weighted by Gasteiger charge is 2.34. The lowest BCUT2D eigenvalue weighted by molar-refractivity contribution is -0.116. The van der Waals surface area contributed by atoms with Crippen LogP contribution in [0.3, 0.4) is 0 Å². The van der Waals surface area contributed by atoms with Crippen LogP contribution < -0.4 is 10.2 Å². The molecule has 5 heteroatoms. The molecule has 1 saturated heterocycles. The minimum atomic E-state index is -0.0621. The highest BCUT2D eigenvalue weighted by Crippen LogP contribution is 2.43. The molecule has 0 bridgehead atoms. The van der Waals surface area contributed by atoms with Gasteiger partial charge in [-0.15, -0.1) is 11.8 Å². The Hall–Kier alpha value is -3.05. The van der Waals surface area contributed by atoms with Crippen LogP contribution in [-0.2, 0) is 16.0 Å². The fraction of sp³-hybridized carbons (Fsp3) is 0.200. The number of nitrogens with one attached hydrogen (secondary N) is 1. The van der Waals surface area contributed by atoms with E-state index in [2.05, 4.69) is 18.3 Å². The molecule has 1 aliphatic rings. The summed E-state index contributed by atoms with van der Waals surface area (Å²) in [6.45, 7) is 4.10. The molecule has 3 aromatic carbocycles. The third-order valence-corrected chi connectivity index (χ3v) is 6.38. The third kappa shape index (κ3) is 4.41. The Balaban J connectivity index is 1.49. The Morgan fingerprint density at radius 1 is 1.03 bits per heavy atom. The van der Waals surface area contributed by atoms with Crippen molar-refractivity contribution in [1.29, 1.82) is 0 Å². The molecule has 0 radical (unpaired) electrons. The number of benzene rings is 3. The van der Waals surface area contributed by atoms with Gasteiger partial charge in [-0.3, -0.25) is 14.5 Å². The van der Waals surface area contributed by atoms with Crippen molar-refractivity contribution in [2.75, 3.05) is 16.0 Å². The first-order valence-electron chi connectivity index (χ1n) is 9.96. The van der Waals surface area contributed by atoms with Gasteiger partial charge < -0.3 is 5.32 Å². The molecule has 152 valence electrons. The summed E-state index contributed by atoms with van der Waals surface area (Å²) in [5.74, 6) is 0.543. The van der Waals surface area contributed by atoms with Gasteiger partial charge in [-0.2, -0.15) is 0 Å². The monoisotopic (exact) mass is 416 g/mol. The Labute approximate surface area is 181 Å². The van der Waals surface area contributed by atoms with Gasteiger partial charge in [0, 0.05) is 11.4 Å². The maximum Gasteiger partial charge on any atom is 0.238 e. The second kappa shape index (κ2) is 8.76. The van der Waals surface area contributed by atoms with Crippen LogP contribution in [0.15, 0.2) is 72.8 Å². The molecule has 0 aliphatic carbocycles. The van der Waals surface area contributed by atoms with Crippen molar-refractivity contribution in [3.05, 3.63) is 95.1 Å². The van der Waals surface area contributed by atoms with Crippen LogP contribution in [0.25, 0.3) is 0 Å². The van der Waals surface area contributed by atoms with Gasteiger partial charge in [0.25, 0.3) is 0 Å². The molecule has 4 rings (SSSR count). The van der Waals surface area contributed by atoms with Crippen LogP contribution in [0.4, 0.5) is 11.4 Å². The van der Waals surface area contributed by atoms with Gasteiger partial charge in [0.15, 0.2) is 0 Å². The number of rotatable bonds is 5. The van der Waals surface area contributed by atoms with Crippen LogP contribution in [0.2, 0.25) is 0 Å². The van der Waals surface area contributed by atoms with Gasteiger partial charge in [0.05, 0.1) is 12.2 Å². The molecule has 1 N–H and O–H groups in total. The second-order valence-electron chi connectivity index (χ2n) is 7.55. The molecule has 1 atom stereocenters. The highest BCUT2D eigenvalue weighted by atomic mass is 32.2. The zero-order chi connectivity index (χ0) is 21.1. The molecule has 30 heavy (non-hydrogen) atoms. The number of hydrogen-bond acceptors (Lipinski definition) is 3. The summed E-state index contributed by atoms with van der Waals surface area (Å²) >= 11 is 1.63. The van der Waals surface area contributed by atoms with E-state index in [-0.39, 0.29) is 17.2 Å². The van der Waals surface area contributed by atoms with Crippen molar-refractivity contribution in [3.63, 3.8) is 0 Å². The first-order valence-corrected chi connectivity index (χ1v) is 11.0. The fourth-order valence-electron chi connectivity index (χ4n) is 3.72. The quantitative estimate of drug-likeness (QED) is 0.617. The van der Waals surface area contributed by atoms with E-state index in [0.29, 0.717) is 12.2 Å². The Bertz CT molecular complexity index is 1060. The fourth-order valence-corrected chi connectivity index (χ4v) is 4.89. The number of carbonyl (C=O) groups excluding carboxylic acids is 2. The molecule has 0 spiro atoms. The maximum atomic E-state index is 12.6. The van der Waals surface area contributed by atoms with E-state index in [0.717, 1.165) is 28.1 Å². The van der Waals surface area contributed by atoms with Crippen molar-refractivity contribution in [2.45, 2.75) is 25.6 Å². The molecule has 0 unspecified atom stereocenters. The molecule has 4 nitrogen and oxygen atoms in total. The summed E-state index contributed by atoms with van der Waals surface area (Å²) in [6.07, 6.45) is 0.343. The number of amides is 2. The molecule has 1 heterocycles.